The van der Waals surface area contributed by atoms with Crippen molar-refractivity contribution in [3.8, 4) is 5.75 Å². The minimum absolute atomic E-state index is 0.0700. The van der Waals surface area contributed by atoms with Gasteiger partial charge in [0.15, 0.2) is 0 Å². The number of nitrogens with one attached hydrogen (secondary N) is 1. The maximum Gasteiger partial charge on any atom is 0.263 e. The Morgan fingerprint density at radius 2 is 1.95 bits per heavy atom. The molecule has 0 radical (unpaired) electrons. The van der Waals surface area contributed by atoms with E-state index in [1.165, 1.54) is 6.07 Å². The van der Waals surface area contributed by atoms with Gasteiger partial charge in [0.2, 0.25) is 0 Å². The van der Waals surface area contributed by atoms with E-state index in [0.717, 1.165) is 24.2 Å². The Bertz CT molecular complexity index is 774. The van der Waals surface area contributed by atoms with Crippen LogP contribution >= 0.6 is 11.6 Å². The van der Waals surface area contributed by atoms with Crippen LogP contribution in [-0.4, -0.2) is 15.0 Å². The molecule has 4 nitrogen and oxygen atoms in total. The highest BCUT2D eigenvalue weighted by atomic mass is 35.5. The molecule has 0 aromatic heterocycles. The SMILES string of the molecule is O=S(=O)(Nc1ccc2c(c1)CCCO2)c1ccccc1Cl. The van der Waals surface area contributed by atoms with Crippen molar-refractivity contribution in [2.24, 2.45) is 0 Å². The summed E-state index contributed by atoms with van der Waals surface area (Å²) in [5.74, 6) is 0.821. The molecule has 2 aromatic carbocycles. The molecule has 1 heterocycles. The maximum absolute atomic E-state index is 12.4. The van der Waals surface area contributed by atoms with Gasteiger partial charge in [-0.1, -0.05) is 23.7 Å². The normalized spacial score (nSPS) is 14.1. The Labute approximate surface area is 128 Å². The molecule has 0 fully saturated rings. The summed E-state index contributed by atoms with van der Waals surface area (Å²) >= 11 is 5.95. The molecule has 21 heavy (non-hydrogen) atoms. The topological polar surface area (TPSA) is 55.4 Å². The molecule has 2 aromatic rings. The predicted molar refractivity (Wildman–Crippen MR) is 82.5 cm³/mol. The lowest BCUT2D eigenvalue weighted by Gasteiger charge is -2.18. The molecule has 0 spiro atoms. The second-order valence-corrected chi connectivity index (χ2v) is 6.87. The molecule has 110 valence electrons. The van der Waals surface area contributed by atoms with Crippen molar-refractivity contribution in [1.29, 1.82) is 0 Å². The number of halogens is 1. The average Bonchev–Trinajstić information content (AvgIpc) is 2.47. The van der Waals surface area contributed by atoms with Gasteiger partial charge in [0, 0.05) is 5.69 Å². The third-order valence-electron chi connectivity index (χ3n) is 3.29. The number of aryl methyl sites for hydroxylation is 1. The number of hydrogen-bond acceptors (Lipinski definition) is 3. The van der Waals surface area contributed by atoms with Gasteiger partial charge >= 0.3 is 0 Å². The number of hydrogen-bond donors (Lipinski definition) is 1. The first-order valence-electron chi connectivity index (χ1n) is 6.59. The summed E-state index contributed by atoms with van der Waals surface area (Å²) < 4.78 is 32.8. The van der Waals surface area contributed by atoms with Crippen LogP contribution in [0.4, 0.5) is 5.69 Å². The first kappa shape index (κ1) is 14.2. The third-order valence-corrected chi connectivity index (χ3v) is 5.17. The summed E-state index contributed by atoms with van der Waals surface area (Å²) in [6, 6.07) is 11.7. The molecular weight excluding hydrogens is 310 g/mol. The Hall–Kier alpha value is -1.72. The Morgan fingerprint density at radius 3 is 2.76 bits per heavy atom. The predicted octanol–water partition coefficient (Wildman–Crippen LogP) is 3.47. The number of benzene rings is 2. The van der Waals surface area contributed by atoms with Crippen molar-refractivity contribution in [1.82, 2.24) is 0 Å². The van der Waals surface area contributed by atoms with E-state index in [1.807, 2.05) is 6.07 Å². The summed E-state index contributed by atoms with van der Waals surface area (Å²) in [7, 11) is -3.69. The molecule has 0 saturated heterocycles. The molecule has 3 rings (SSSR count). The average molecular weight is 324 g/mol. The standard InChI is InChI=1S/C15H14ClNO3S/c16-13-5-1-2-6-15(13)21(18,19)17-12-7-8-14-11(10-12)4-3-9-20-14/h1-2,5-8,10,17H,3-4,9H2. The van der Waals surface area contributed by atoms with E-state index < -0.39 is 10.0 Å². The van der Waals surface area contributed by atoms with Gasteiger partial charge in [0.05, 0.1) is 11.6 Å². The van der Waals surface area contributed by atoms with Crippen molar-refractivity contribution in [2.75, 3.05) is 11.3 Å². The van der Waals surface area contributed by atoms with Gasteiger partial charge in [0.25, 0.3) is 10.0 Å². The third kappa shape index (κ3) is 2.99. The largest absolute Gasteiger partial charge is 0.493 e. The van der Waals surface area contributed by atoms with Gasteiger partial charge < -0.3 is 4.74 Å². The summed E-state index contributed by atoms with van der Waals surface area (Å²) in [5.41, 5.74) is 1.53. The fourth-order valence-corrected chi connectivity index (χ4v) is 3.87. The van der Waals surface area contributed by atoms with Crippen molar-refractivity contribution in [3.05, 3.63) is 53.1 Å². The van der Waals surface area contributed by atoms with Gasteiger partial charge in [0.1, 0.15) is 10.6 Å². The zero-order valence-corrected chi connectivity index (χ0v) is 12.7. The van der Waals surface area contributed by atoms with Crippen LogP contribution in [0.3, 0.4) is 0 Å². The van der Waals surface area contributed by atoms with E-state index in [-0.39, 0.29) is 9.92 Å². The molecule has 0 amide bonds. The maximum atomic E-state index is 12.4. The fourth-order valence-electron chi connectivity index (χ4n) is 2.30. The highest BCUT2D eigenvalue weighted by molar-refractivity contribution is 7.92. The number of sulfonamides is 1. The van der Waals surface area contributed by atoms with Crippen LogP contribution in [0.15, 0.2) is 47.4 Å². The zero-order valence-electron chi connectivity index (χ0n) is 11.2. The molecule has 1 aliphatic heterocycles. The van der Waals surface area contributed by atoms with Crippen molar-refractivity contribution in [3.63, 3.8) is 0 Å². The highest BCUT2D eigenvalue weighted by Crippen LogP contribution is 2.29. The first-order chi connectivity index (χ1) is 10.1. The summed E-state index contributed by atoms with van der Waals surface area (Å²) in [6.07, 6.45) is 1.82. The molecule has 1 N–H and O–H groups in total. The number of ether oxygens (including phenoxy) is 1. The van der Waals surface area contributed by atoms with Crippen LogP contribution in [0.1, 0.15) is 12.0 Å². The van der Waals surface area contributed by atoms with Crippen LogP contribution in [-0.2, 0) is 16.4 Å². The lowest BCUT2D eigenvalue weighted by Crippen LogP contribution is -2.14. The highest BCUT2D eigenvalue weighted by Gasteiger charge is 2.18. The summed E-state index contributed by atoms with van der Waals surface area (Å²) in [6.45, 7) is 0.706. The van der Waals surface area contributed by atoms with E-state index >= 15 is 0 Å². The Kier molecular flexibility index (Phi) is 3.78. The second-order valence-electron chi connectivity index (χ2n) is 4.81. The van der Waals surface area contributed by atoms with Crippen molar-refractivity contribution in [2.45, 2.75) is 17.7 Å². The molecule has 0 bridgehead atoms. The minimum Gasteiger partial charge on any atom is -0.493 e. The van der Waals surface area contributed by atoms with Crippen LogP contribution in [0.25, 0.3) is 0 Å². The number of anilines is 1. The van der Waals surface area contributed by atoms with E-state index in [9.17, 15) is 8.42 Å². The van der Waals surface area contributed by atoms with Gasteiger partial charge in [-0.25, -0.2) is 8.42 Å². The second kappa shape index (κ2) is 5.58. The van der Waals surface area contributed by atoms with Gasteiger partial charge in [-0.15, -0.1) is 0 Å². The monoisotopic (exact) mass is 323 g/mol. The lowest BCUT2D eigenvalue weighted by atomic mass is 10.1. The van der Waals surface area contributed by atoms with E-state index in [4.69, 9.17) is 16.3 Å². The zero-order chi connectivity index (χ0) is 14.9. The van der Waals surface area contributed by atoms with E-state index in [2.05, 4.69) is 4.72 Å². The minimum atomic E-state index is -3.69. The molecular formula is C15H14ClNO3S. The molecule has 0 unspecified atom stereocenters. The van der Waals surface area contributed by atoms with Crippen LogP contribution in [0.5, 0.6) is 5.75 Å². The molecule has 0 saturated carbocycles. The van der Waals surface area contributed by atoms with Gasteiger partial charge in [-0.2, -0.15) is 0 Å². The fraction of sp³-hybridized carbons (Fsp3) is 0.200. The van der Waals surface area contributed by atoms with Crippen LogP contribution in [0.2, 0.25) is 5.02 Å². The summed E-state index contributed by atoms with van der Waals surface area (Å²) in [5, 5.41) is 0.200. The lowest BCUT2D eigenvalue weighted by molar-refractivity contribution is 0.288. The Morgan fingerprint density at radius 1 is 1.14 bits per heavy atom. The molecule has 6 heteroatoms. The van der Waals surface area contributed by atoms with E-state index in [0.29, 0.717) is 12.3 Å². The van der Waals surface area contributed by atoms with Gasteiger partial charge in [-0.05, 0) is 48.7 Å². The smallest absolute Gasteiger partial charge is 0.263 e. The molecule has 0 atom stereocenters. The van der Waals surface area contributed by atoms with Crippen LogP contribution < -0.4 is 9.46 Å². The Balaban J connectivity index is 1.91. The number of fused-ring (bicyclic) bond motifs is 1. The first-order valence-corrected chi connectivity index (χ1v) is 8.45. The van der Waals surface area contributed by atoms with Crippen molar-refractivity contribution >= 4 is 27.3 Å². The van der Waals surface area contributed by atoms with E-state index in [1.54, 1.807) is 30.3 Å². The summed E-state index contributed by atoms with van der Waals surface area (Å²) in [4.78, 5) is 0.0700. The molecule has 0 aliphatic carbocycles. The number of rotatable bonds is 3. The van der Waals surface area contributed by atoms with Crippen molar-refractivity contribution < 1.29 is 13.2 Å². The quantitative estimate of drug-likeness (QED) is 0.941. The van der Waals surface area contributed by atoms with Crippen LogP contribution in [0, 0.1) is 0 Å². The van der Waals surface area contributed by atoms with Gasteiger partial charge in [-0.3, -0.25) is 4.72 Å². The molecule has 1 aliphatic rings.